The third-order valence-electron chi connectivity index (χ3n) is 4.40. The first-order chi connectivity index (χ1) is 14.6. The molecule has 0 radical (unpaired) electrons. The van der Waals surface area contributed by atoms with Crippen LogP contribution in [0.2, 0.25) is 0 Å². The van der Waals surface area contributed by atoms with E-state index in [1.807, 2.05) is 42.6 Å². The summed E-state index contributed by atoms with van der Waals surface area (Å²) in [6, 6.07) is 19.5. The van der Waals surface area contributed by atoms with E-state index in [1.54, 1.807) is 41.3 Å². The van der Waals surface area contributed by atoms with E-state index in [0.29, 0.717) is 29.2 Å². The van der Waals surface area contributed by atoms with Crippen LogP contribution >= 0.6 is 11.3 Å². The fourth-order valence-electron chi connectivity index (χ4n) is 2.77. The summed E-state index contributed by atoms with van der Waals surface area (Å²) < 4.78 is 5.17. The van der Waals surface area contributed by atoms with Crippen LogP contribution in [0.25, 0.3) is 0 Å². The first-order valence-electron chi connectivity index (χ1n) is 9.50. The third-order valence-corrected chi connectivity index (χ3v) is 5.27. The lowest BCUT2D eigenvalue weighted by molar-refractivity contribution is -0.134. The number of hydrogen-bond donors (Lipinski definition) is 1. The van der Waals surface area contributed by atoms with E-state index < -0.39 is 5.97 Å². The van der Waals surface area contributed by atoms with Crippen LogP contribution in [0.15, 0.2) is 72.1 Å². The molecule has 0 atom stereocenters. The lowest BCUT2D eigenvalue weighted by Gasteiger charge is -2.20. The van der Waals surface area contributed by atoms with Crippen molar-refractivity contribution in [2.24, 2.45) is 0 Å². The zero-order valence-corrected chi connectivity index (χ0v) is 17.4. The molecule has 0 fully saturated rings. The van der Waals surface area contributed by atoms with E-state index in [2.05, 4.69) is 5.32 Å². The van der Waals surface area contributed by atoms with Crippen molar-refractivity contribution in [2.45, 2.75) is 13.5 Å². The Labute approximate surface area is 179 Å². The van der Waals surface area contributed by atoms with Crippen molar-refractivity contribution >= 4 is 34.8 Å². The van der Waals surface area contributed by atoms with Gasteiger partial charge in [-0.3, -0.25) is 9.59 Å². The summed E-state index contributed by atoms with van der Waals surface area (Å²) in [5.41, 5.74) is 1.89. The Kier molecular flexibility index (Phi) is 7.34. The number of carbonyl (C=O) groups is 3. The molecule has 0 aliphatic carbocycles. The van der Waals surface area contributed by atoms with E-state index in [9.17, 15) is 14.4 Å². The van der Waals surface area contributed by atoms with Gasteiger partial charge in [0.25, 0.3) is 11.8 Å². The summed E-state index contributed by atoms with van der Waals surface area (Å²) >= 11 is 1.35. The molecular weight excluding hydrogens is 400 g/mol. The Morgan fingerprint density at radius 2 is 1.70 bits per heavy atom. The van der Waals surface area contributed by atoms with Crippen LogP contribution in [0.5, 0.6) is 0 Å². The van der Waals surface area contributed by atoms with Crippen LogP contribution in [-0.4, -0.2) is 35.8 Å². The largest absolute Gasteiger partial charge is 0.452 e. The number of ether oxygens (including phenoxy) is 1. The van der Waals surface area contributed by atoms with Gasteiger partial charge < -0.3 is 15.0 Å². The minimum Gasteiger partial charge on any atom is -0.452 e. The maximum atomic E-state index is 12.4. The highest BCUT2D eigenvalue weighted by atomic mass is 32.1. The molecular formula is C23H22N2O4S. The minimum atomic E-state index is -0.588. The molecule has 0 aliphatic rings. The number of esters is 1. The van der Waals surface area contributed by atoms with E-state index in [1.165, 1.54) is 11.3 Å². The van der Waals surface area contributed by atoms with Crippen molar-refractivity contribution in [1.82, 2.24) is 4.90 Å². The molecule has 2 amide bonds. The highest BCUT2D eigenvalue weighted by molar-refractivity contribution is 7.12. The van der Waals surface area contributed by atoms with E-state index in [-0.39, 0.29) is 18.4 Å². The van der Waals surface area contributed by atoms with Gasteiger partial charge in [-0.25, -0.2) is 4.79 Å². The number of nitrogens with one attached hydrogen (secondary N) is 1. The van der Waals surface area contributed by atoms with Crippen molar-refractivity contribution < 1.29 is 19.1 Å². The molecule has 0 bridgehead atoms. The monoisotopic (exact) mass is 422 g/mol. The number of amides is 2. The molecule has 154 valence electrons. The molecule has 0 saturated carbocycles. The standard InChI is InChI=1S/C23H22N2O4S/c1-2-25(15-17-7-4-3-5-8-17)21(26)16-29-23(28)18-10-12-19(13-11-18)24-22(27)20-9-6-14-30-20/h3-14H,2,15-16H2,1H3,(H,24,27). The SMILES string of the molecule is CCN(Cc1ccccc1)C(=O)COC(=O)c1ccc(NC(=O)c2cccs2)cc1. The number of benzene rings is 2. The summed E-state index contributed by atoms with van der Waals surface area (Å²) in [5.74, 6) is -1.05. The third kappa shape index (κ3) is 5.78. The molecule has 0 spiro atoms. The molecule has 30 heavy (non-hydrogen) atoms. The van der Waals surface area contributed by atoms with Gasteiger partial charge in [0.15, 0.2) is 6.61 Å². The molecule has 0 aliphatic heterocycles. The summed E-state index contributed by atoms with van der Waals surface area (Å²) in [4.78, 5) is 39.0. The Morgan fingerprint density at radius 3 is 2.33 bits per heavy atom. The van der Waals surface area contributed by atoms with E-state index in [0.717, 1.165) is 5.56 Å². The molecule has 3 aromatic rings. The second-order valence-electron chi connectivity index (χ2n) is 6.48. The molecule has 6 nitrogen and oxygen atoms in total. The topological polar surface area (TPSA) is 75.7 Å². The lowest BCUT2D eigenvalue weighted by Crippen LogP contribution is -2.34. The van der Waals surface area contributed by atoms with Crippen molar-refractivity contribution in [3.05, 3.63) is 88.1 Å². The van der Waals surface area contributed by atoms with Crippen LogP contribution < -0.4 is 5.32 Å². The highest BCUT2D eigenvalue weighted by Crippen LogP contribution is 2.15. The Morgan fingerprint density at radius 1 is 0.967 bits per heavy atom. The number of anilines is 1. The molecule has 1 N–H and O–H groups in total. The van der Waals surface area contributed by atoms with Gasteiger partial charge in [-0.05, 0) is 48.2 Å². The lowest BCUT2D eigenvalue weighted by atomic mass is 10.2. The molecule has 0 saturated heterocycles. The first-order valence-corrected chi connectivity index (χ1v) is 10.4. The Balaban J connectivity index is 1.51. The summed E-state index contributed by atoms with van der Waals surface area (Å²) in [7, 11) is 0. The number of hydrogen-bond acceptors (Lipinski definition) is 5. The quantitative estimate of drug-likeness (QED) is 0.552. The van der Waals surface area contributed by atoms with Gasteiger partial charge in [0, 0.05) is 18.8 Å². The van der Waals surface area contributed by atoms with Crippen LogP contribution in [-0.2, 0) is 16.1 Å². The molecule has 7 heteroatoms. The number of likely N-dealkylation sites (N-methyl/N-ethyl adjacent to an activating group) is 1. The Hall–Kier alpha value is -3.45. The number of carbonyl (C=O) groups excluding carboxylic acids is 3. The molecule has 1 aromatic heterocycles. The van der Waals surface area contributed by atoms with Crippen LogP contribution in [0.4, 0.5) is 5.69 Å². The number of thiophene rings is 1. The van der Waals surface area contributed by atoms with Gasteiger partial charge in [-0.15, -0.1) is 11.3 Å². The average Bonchev–Trinajstić information content (AvgIpc) is 3.32. The summed E-state index contributed by atoms with van der Waals surface area (Å²) in [6.07, 6.45) is 0. The molecule has 3 rings (SSSR count). The summed E-state index contributed by atoms with van der Waals surface area (Å²) in [5, 5.41) is 4.59. The number of nitrogens with zero attached hydrogens (tertiary/aromatic N) is 1. The van der Waals surface area contributed by atoms with Crippen LogP contribution in [0.1, 0.15) is 32.5 Å². The number of rotatable bonds is 8. The average molecular weight is 423 g/mol. The molecule has 2 aromatic carbocycles. The first kappa shape index (κ1) is 21.3. The molecule has 1 heterocycles. The summed E-state index contributed by atoms with van der Waals surface area (Å²) in [6.45, 7) is 2.54. The van der Waals surface area contributed by atoms with Gasteiger partial charge in [-0.2, -0.15) is 0 Å². The zero-order chi connectivity index (χ0) is 21.3. The predicted molar refractivity (Wildman–Crippen MR) is 117 cm³/mol. The predicted octanol–water partition coefficient (Wildman–Crippen LogP) is 4.21. The maximum absolute atomic E-state index is 12.4. The minimum absolute atomic E-state index is 0.205. The van der Waals surface area contributed by atoms with Crippen molar-refractivity contribution in [3.8, 4) is 0 Å². The van der Waals surface area contributed by atoms with Gasteiger partial charge in [0.05, 0.1) is 10.4 Å². The van der Waals surface area contributed by atoms with E-state index in [4.69, 9.17) is 4.74 Å². The second-order valence-corrected chi connectivity index (χ2v) is 7.43. The van der Waals surface area contributed by atoms with Crippen molar-refractivity contribution in [2.75, 3.05) is 18.5 Å². The molecule has 0 unspecified atom stereocenters. The van der Waals surface area contributed by atoms with Crippen molar-refractivity contribution in [1.29, 1.82) is 0 Å². The fraction of sp³-hybridized carbons (Fsp3) is 0.174. The van der Waals surface area contributed by atoms with E-state index >= 15 is 0 Å². The van der Waals surface area contributed by atoms with Crippen LogP contribution in [0.3, 0.4) is 0 Å². The highest BCUT2D eigenvalue weighted by Gasteiger charge is 2.16. The maximum Gasteiger partial charge on any atom is 0.338 e. The fourth-order valence-corrected chi connectivity index (χ4v) is 3.39. The normalized spacial score (nSPS) is 10.3. The zero-order valence-electron chi connectivity index (χ0n) is 16.5. The Bertz CT molecular complexity index is 986. The second kappa shape index (κ2) is 10.4. The smallest absolute Gasteiger partial charge is 0.338 e. The van der Waals surface area contributed by atoms with Gasteiger partial charge in [-0.1, -0.05) is 36.4 Å². The van der Waals surface area contributed by atoms with Gasteiger partial charge in [0.1, 0.15) is 0 Å². The van der Waals surface area contributed by atoms with Gasteiger partial charge >= 0.3 is 5.97 Å². The van der Waals surface area contributed by atoms with Gasteiger partial charge in [0.2, 0.25) is 0 Å². The van der Waals surface area contributed by atoms with Crippen LogP contribution in [0, 0.1) is 0 Å². The van der Waals surface area contributed by atoms with Crippen molar-refractivity contribution in [3.63, 3.8) is 0 Å².